The summed E-state index contributed by atoms with van der Waals surface area (Å²) in [5.41, 5.74) is 1.16. The van der Waals surface area contributed by atoms with E-state index in [1.807, 2.05) is 30.3 Å². The summed E-state index contributed by atoms with van der Waals surface area (Å²) in [4.78, 5) is 28.4. The molecule has 0 spiro atoms. The Morgan fingerprint density at radius 1 is 1.19 bits per heavy atom. The van der Waals surface area contributed by atoms with E-state index in [0.29, 0.717) is 44.4 Å². The van der Waals surface area contributed by atoms with Crippen molar-refractivity contribution in [2.45, 2.75) is 12.8 Å². The van der Waals surface area contributed by atoms with Crippen LogP contribution >= 0.6 is 11.3 Å². The molecule has 2 saturated heterocycles. The summed E-state index contributed by atoms with van der Waals surface area (Å²) in [5, 5.41) is 9.84. The quantitative estimate of drug-likeness (QED) is 0.810. The van der Waals surface area contributed by atoms with Crippen molar-refractivity contribution in [1.82, 2.24) is 15.1 Å². The molecule has 2 amide bonds. The second-order valence-corrected chi connectivity index (χ2v) is 7.52. The van der Waals surface area contributed by atoms with Crippen LogP contribution in [0.15, 0.2) is 30.3 Å². The van der Waals surface area contributed by atoms with Crippen LogP contribution in [0.25, 0.3) is 0 Å². The Morgan fingerprint density at radius 3 is 2.73 bits per heavy atom. The van der Waals surface area contributed by atoms with Crippen LogP contribution in [0.4, 0.5) is 5.13 Å². The van der Waals surface area contributed by atoms with Gasteiger partial charge in [-0.2, -0.15) is 0 Å². The molecule has 3 heterocycles. The van der Waals surface area contributed by atoms with E-state index in [2.05, 4.69) is 10.2 Å². The molecule has 0 radical (unpaired) electrons. The monoisotopic (exact) mass is 372 g/mol. The van der Waals surface area contributed by atoms with Crippen LogP contribution in [-0.4, -0.2) is 59.8 Å². The van der Waals surface area contributed by atoms with Gasteiger partial charge in [0.1, 0.15) is 5.01 Å². The van der Waals surface area contributed by atoms with Gasteiger partial charge in [0, 0.05) is 32.5 Å². The molecule has 2 aliphatic rings. The smallest absolute Gasteiger partial charge is 0.229 e. The standard InChI is InChI=1S/C18H20N4O3S/c23-16-11-14(17(24)21-6-8-25-9-7-21)12-22(16)18-20-19-15(26-18)10-13-4-2-1-3-5-13/h1-5,14H,6-12H2. The van der Waals surface area contributed by atoms with Crippen molar-refractivity contribution in [2.75, 3.05) is 37.7 Å². The molecule has 1 aromatic carbocycles. The van der Waals surface area contributed by atoms with Crippen LogP contribution in [0.5, 0.6) is 0 Å². The molecule has 1 aromatic heterocycles. The van der Waals surface area contributed by atoms with Gasteiger partial charge in [-0.25, -0.2) is 0 Å². The zero-order valence-electron chi connectivity index (χ0n) is 14.3. The Kier molecular flexibility index (Phi) is 4.94. The highest BCUT2D eigenvalue weighted by Gasteiger charge is 2.38. The molecule has 7 nitrogen and oxygen atoms in total. The summed E-state index contributed by atoms with van der Waals surface area (Å²) < 4.78 is 5.29. The fraction of sp³-hybridized carbons (Fsp3) is 0.444. The van der Waals surface area contributed by atoms with Gasteiger partial charge < -0.3 is 9.64 Å². The SMILES string of the molecule is O=C(C1CC(=O)N(c2nnc(Cc3ccccc3)s2)C1)N1CCOCC1. The maximum Gasteiger partial charge on any atom is 0.229 e. The molecule has 0 aliphatic carbocycles. The van der Waals surface area contributed by atoms with Gasteiger partial charge in [0.25, 0.3) is 0 Å². The Bertz CT molecular complexity index is 789. The molecule has 2 fully saturated rings. The van der Waals surface area contributed by atoms with E-state index >= 15 is 0 Å². The number of hydrogen-bond donors (Lipinski definition) is 0. The highest BCUT2D eigenvalue weighted by Crippen LogP contribution is 2.29. The maximum absolute atomic E-state index is 12.6. The third kappa shape index (κ3) is 3.61. The molecule has 26 heavy (non-hydrogen) atoms. The van der Waals surface area contributed by atoms with Crippen LogP contribution in [0.1, 0.15) is 17.0 Å². The van der Waals surface area contributed by atoms with Gasteiger partial charge in [-0.15, -0.1) is 10.2 Å². The number of anilines is 1. The van der Waals surface area contributed by atoms with Crippen molar-refractivity contribution in [1.29, 1.82) is 0 Å². The lowest BCUT2D eigenvalue weighted by Crippen LogP contribution is -2.44. The molecule has 2 aliphatic heterocycles. The second-order valence-electron chi connectivity index (χ2n) is 6.48. The van der Waals surface area contributed by atoms with E-state index < -0.39 is 0 Å². The van der Waals surface area contributed by atoms with Crippen LogP contribution < -0.4 is 4.90 Å². The van der Waals surface area contributed by atoms with E-state index in [0.717, 1.165) is 10.6 Å². The average molecular weight is 372 g/mol. The van der Waals surface area contributed by atoms with Crippen molar-refractivity contribution in [3.05, 3.63) is 40.9 Å². The highest BCUT2D eigenvalue weighted by atomic mass is 32.1. The molecule has 4 rings (SSSR count). The van der Waals surface area contributed by atoms with Gasteiger partial charge in [-0.1, -0.05) is 41.7 Å². The normalized spacial score (nSPS) is 20.6. The predicted octanol–water partition coefficient (Wildman–Crippen LogP) is 1.34. The summed E-state index contributed by atoms with van der Waals surface area (Å²) in [6, 6.07) is 10.0. The molecular formula is C18H20N4O3S. The zero-order valence-corrected chi connectivity index (χ0v) is 15.2. The average Bonchev–Trinajstić information content (AvgIpc) is 3.29. The second kappa shape index (κ2) is 7.51. The van der Waals surface area contributed by atoms with Crippen molar-refractivity contribution < 1.29 is 14.3 Å². The zero-order chi connectivity index (χ0) is 17.9. The minimum atomic E-state index is -0.304. The third-order valence-corrected chi connectivity index (χ3v) is 5.63. The first-order valence-electron chi connectivity index (χ1n) is 8.74. The van der Waals surface area contributed by atoms with E-state index in [-0.39, 0.29) is 24.2 Å². The van der Waals surface area contributed by atoms with Crippen molar-refractivity contribution in [3.63, 3.8) is 0 Å². The fourth-order valence-corrected chi connectivity index (χ4v) is 4.20. The highest BCUT2D eigenvalue weighted by molar-refractivity contribution is 7.15. The summed E-state index contributed by atoms with van der Waals surface area (Å²) in [6.07, 6.45) is 0.931. The minimum Gasteiger partial charge on any atom is -0.378 e. The first kappa shape index (κ1) is 17.1. The third-order valence-electron chi connectivity index (χ3n) is 4.68. The van der Waals surface area contributed by atoms with E-state index in [1.54, 1.807) is 9.80 Å². The number of nitrogens with zero attached hydrogens (tertiary/aromatic N) is 4. The number of amides is 2. The first-order chi connectivity index (χ1) is 12.7. The summed E-state index contributed by atoms with van der Waals surface area (Å²) >= 11 is 1.42. The van der Waals surface area contributed by atoms with E-state index in [4.69, 9.17) is 4.74 Å². The Morgan fingerprint density at radius 2 is 1.96 bits per heavy atom. The molecule has 1 unspecified atom stereocenters. The Balaban J connectivity index is 1.42. The Hall–Kier alpha value is -2.32. The summed E-state index contributed by atoms with van der Waals surface area (Å²) in [5.74, 6) is -0.320. The van der Waals surface area contributed by atoms with Gasteiger partial charge in [-0.3, -0.25) is 14.5 Å². The van der Waals surface area contributed by atoms with Gasteiger partial charge >= 0.3 is 0 Å². The molecule has 0 N–H and O–H groups in total. The van der Waals surface area contributed by atoms with Crippen molar-refractivity contribution in [2.24, 2.45) is 5.92 Å². The van der Waals surface area contributed by atoms with E-state index in [1.165, 1.54) is 11.3 Å². The predicted molar refractivity (Wildman–Crippen MR) is 97.0 cm³/mol. The largest absolute Gasteiger partial charge is 0.378 e. The Labute approximate surface area is 155 Å². The molecule has 136 valence electrons. The number of rotatable bonds is 4. The first-order valence-corrected chi connectivity index (χ1v) is 9.55. The van der Waals surface area contributed by atoms with Gasteiger partial charge in [-0.05, 0) is 5.56 Å². The molecule has 2 aromatic rings. The van der Waals surface area contributed by atoms with Gasteiger partial charge in [0.05, 0.1) is 19.1 Å². The lowest BCUT2D eigenvalue weighted by atomic mass is 10.1. The lowest BCUT2D eigenvalue weighted by molar-refractivity contribution is -0.139. The number of ether oxygens (including phenoxy) is 1. The summed E-state index contributed by atoms with van der Waals surface area (Å²) in [7, 11) is 0. The number of carbonyl (C=O) groups is 2. The number of benzene rings is 1. The molecule has 1 atom stereocenters. The molecule has 8 heteroatoms. The number of carbonyl (C=O) groups excluding carboxylic acids is 2. The van der Waals surface area contributed by atoms with Crippen LogP contribution in [0, 0.1) is 5.92 Å². The number of hydrogen-bond acceptors (Lipinski definition) is 6. The number of morpholine rings is 1. The fourth-order valence-electron chi connectivity index (χ4n) is 3.30. The van der Waals surface area contributed by atoms with Crippen LogP contribution in [0.2, 0.25) is 0 Å². The van der Waals surface area contributed by atoms with Crippen molar-refractivity contribution in [3.8, 4) is 0 Å². The van der Waals surface area contributed by atoms with Gasteiger partial charge in [0.15, 0.2) is 0 Å². The topological polar surface area (TPSA) is 75.6 Å². The molecule has 0 bridgehead atoms. The molecule has 0 saturated carbocycles. The van der Waals surface area contributed by atoms with E-state index in [9.17, 15) is 9.59 Å². The number of aromatic nitrogens is 2. The van der Waals surface area contributed by atoms with Crippen molar-refractivity contribution >= 4 is 28.3 Å². The maximum atomic E-state index is 12.6. The summed E-state index contributed by atoms with van der Waals surface area (Å²) in [6.45, 7) is 2.72. The van der Waals surface area contributed by atoms with Crippen LogP contribution in [-0.2, 0) is 20.7 Å². The minimum absolute atomic E-state index is 0.0400. The lowest BCUT2D eigenvalue weighted by Gasteiger charge is -2.28. The molecular weight excluding hydrogens is 352 g/mol. The van der Waals surface area contributed by atoms with Gasteiger partial charge in [0.2, 0.25) is 16.9 Å². The van der Waals surface area contributed by atoms with Crippen LogP contribution in [0.3, 0.4) is 0 Å².